The third kappa shape index (κ3) is 5.68. The van der Waals surface area contributed by atoms with Gasteiger partial charge in [-0.3, -0.25) is 14.4 Å². The number of nitrogens with one attached hydrogen (secondary N) is 1. The van der Waals surface area contributed by atoms with Crippen LogP contribution in [0.2, 0.25) is 0 Å². The van der Waals surface area contributed by atoms with Crippen LogP contribution in [0.5, 0.6) is 0 Å². The van der Waals surface area contributed by atoms with Gasteiger partial charge in [0, 0.05) is 62.1 Å². The number of aromatic nitrogens is 1. The third-order valence-corrected chi connectivity index (χ3v) is 6.77. The predicted octanol–water partition coefficient (Wildman–Crippen LogP) is 2.20. The van der Waals surface area contributed by atoms with Crippen LogP contribution in [0.25, 0.3) is 0 Å². The van der Waals surface area contributed by atoms with E-state index < -0.39 is 5.91 Å². The van der Waals surface area contributed by atoms with Crippen LogP contribution in [-0.2, 0) is 4.79 Å². The quantitative estimate of drug-likeness (QED) is 0.619. The van der Waals surface area contributed by atoms with Gasteiger partial charge in [-0.2, -0.15) is 0 Å². The summed E-state index contributed by atoms with van der Waals surface area (Å²) in [7, 11) is 2.05. The molecule has 2 fully saturated rings. The first-order valence-electron chi connectivity index (χ1n) is 11.9. The van der Waals surface area contributed by atoms with Crippen LogP contribution < -0.4 is 11.1 Å². The highest BCUT2D eigenvalue weighted by Gasteiger charge is 2.25. The number of anilines is 2. The van der Waals surface area contributed by atoms with E-state index in [2.05, 4.69) is 23.8 Å². The maximum Gasteiger partial charge on any atom is 0.253 e. The van der Waals surface area contributed by atoms with E-state index in [1.54, 1.807) is 23.1 Å². The second-order valence-electron chi connectivity index (χ2n) is 9.10. The van der Waals surface area contributed by atoms with Gasteiger partial charge < -0.3 is 25.8 Å². The maximum absolute atomic E-state index is 12.8. The summed E-state index contributed by atoms with van der Waals surface area (Å²) in [5, 5.41) is 3.20. The molecule has 0 unspecified atom stereocenters. The zero-order chi connectivity index (χ0) is 24.9. The molecule has 0 saturated carbocycles. The summed E-state index contributed by atoms with van der Waals surface area (Å²) in [6.07, 6.45) is 2.91. The molecule has 3 amide bonds. The Morgan fingerprint density at radius 3 is 2.23 bits per heavy atom. The summed E-state index contributed by atoms with van der Waals surface area (Å²) >= 11 is 0. The Labute approximate surface area is 205 Å². The van der Waals surface area contributed by atoms with Gasteiger partial charge >= 0.3 is 0 Å². The number of likely N-dealkylation sites (tertiary alicyclic amines) is 1. The zero-order valence-electron chi connectivity index (χ0n) is 20.1. The highest BCUT2D eigenvalue weighted by Crippen LogP contribution is 2.29. The number of hydrogen-bond acceptors (Lipinski definition) is 6. The molecule has 184 valence electrons. The molecule has 2 saturated heterocycles. The van der Waals surface area contributed by atoms with Gasteiger partial charge in [0.25, 0.3) is 11.8 Å². The Balaban J connectivity index is 1.47. The largest absolute Gasteiger partial charge is 0.365 e. The molecule has 0 bridgehead atoms. The van der Waals surface area contributed by atoms with Crippen LogP contribution in [-0.4, -0.2) is 83.7 Å². The van der Waals surface area contributed by atoms with Crippen molar-refractivity contribution in [3.05, 3.63) is 65.9 Å². The Morgan fingerprint density at radius 1 is 0.971 bits per heavy atom. The number of primary amides is 1. The van der Waals surface area contributed by atoms with Gasteiger partial charge in [-0.1, -0.05) is 6.58 Å². The molecule has 0 aliphatic carbocycles. The summed E-state index contributed by atoms with van der Waals surface area (Å²) in [6, 6.07) is 10.7. The first kappa shape index (κ1) is 24.4. The summed E-state index contributed by atoms with van der Waals surface area (Å²) in [6.45, 7) is 8.00. The number of nitrogens with zero attached hydrogens (tertiary/aromatic N) is 4. The molecule has 9 nitrogen and oxygen atoms in total. The molecular formula is C26H32N6O3. The van der Waals surface area contributed by atoms with Crippen molar-refractivity contribution >= 4 is 29.2 Å². The second kappa shape index (κ2) is 10.7. The minimum Gasteiger partial charge on any atom is -0.365 e. The monoisotopic (exact) mass is 476 g/mol. The minimum absolute atomic E-state index is 0.0175. The number of piperidine rings is 1. The lowest BCUT2D eigenvalue weighted by molar-refractivity contribution is -0.127. The number of likely N-dealkylation sites (N-methyl/N-ethyl adjacent to an activating group) is 1. The van der Waals surface area contributed by atoms with Gasteiger partial charge in [0.1, 0.15) is 5.82 Å². The Morgan fingerprint density at radius 2 is 1.63 bits per heavy atom. The molecule has 35 heavy (non-hydrogen) atoms. The Kier molecular flexibility index (Phi) is 7.45. The van der Waals surface area contributed by atoms with Crippen molar-refractivity contribution in [1.82, 2.24) is 19.7 Å². The highest BCUT2D eigenvalue weighted by molar-refractivity contribution is 5.98. The summed E-state index contributed by atoms with van der Waals surface area (Å²) < 4.78 is 0. The van der Waals surface area contributed by atoms with E-state index in [1.807, 2.05) is 23.1 Å². The fraction of sp³-hybridized carbons (Fsp3) is 0.385. The van der Waals surface area contributed by atoms with E-state index in [1.165, 1.54) is 6.08 Å². The number of pyridine rings is 1. The van der Waals surface area contributed by atoms with E-state index in [4.69, 9.17) is 10.7 Å². The molecule has 0 radical (unpaired) electrons. The number of hydrogen-bond donors (Lipinski definition) is 2. The molecule has 3 N–H and O–H groups in total. The molecule has 3 heterocycles. The van der Waals surface area contributed by atoms with Crippen molar-refractivity contribution in [3.63, 3.8) is 0 Å². The van der Waals surface area contributed by atoms with Crippen molar-refractivity contribution in [2.24, 2.45) is 5.73 Å². The van der Waals surface area contributed by atoms with E-state index in [0.29, 0.717) is 48.8 Å². The van der Waals surface area contributed by atoms with E-state index in [-0.39, 0.29) is 17.7 Å². The number of nitrogens with two attached hydrogens (primary N) is 1. The maximum atomic E-state index is 12.8. The number of carbonyl (C=O) groups is 3. The van der Waals surface area contributed by atoms with E-state index in [0.717, 1.165) is 31.6 Å². The molecule has 2 aliphatic rings. The first-order chi connectivity index (χ1) is 16.9. The molecule has 0 spiro atoms. The number of amides is 3. The van der Waals surface area contributed by atoms with Gasteiger partial charge in [0.15, 0.2) is 0 Å². The summed E-state index contributed by atoms with van der Waals surface area (Å²) in [4.78, 5) is 47.3. The number of carbonyl (C=O) groups excluding carboxylic acids is 3. The fourth-order valence-electron chi connectivity index (χ4n) is 4.55. The predicted molar refractivity (Wildman–Crippen MR) is 135 cm³/mol. The van der Waals surface area contributed by atoms with Crippen LogP contribution in [0.3, 0.4) is 0 Å². The fourth-order valence-corrected chi connectivity index (χ4v) is 4.55. The number of benzene rings is 1. The normalized spacial score (nSPS) is 17.2. The van der Waals surface area contributed by atoms with Gasteiger partial charge in [0.05, 0.1) is 5.56 Å². The average molecular weight is 477 g/mol. The molecule has 4 rings (SSSR count). The van der Waals surface area contributed by atoms with Crippen molar-refractivity contribution in [2.75, 3.05) is 51.6 Å². The SMILES string of the molecule is C=CC(=O)N1CCC(c2ccc(C(N)=O)c(Nc3ccc(C(=O)N4CCN(C)CC4)cc3)n2)CC1. The second-order valence-corrected chi connectivity index (χ2v) is 9.10. The minimum atomic E-state index is -0.570. The van der Waals surface area contributed by atoms with Crippen LogP contribution >= 0.6 is 0 Å². The Hall–Kier alpha value is -3.72. The topological polar surface area (TPSA) is 112 Å². The number of piperazine rings is 1. The van der Waals surface area contributed by atoms with Crippen molar-refractivity contribution in [2.45, 2.75) is 18.8 Å². The van der Waals surface area contributed by atoms with E-state index >= 15 is 0 Å². The van der Waals surface area contributed by atoms with Gasteiger partial charge in [0.2, 0.25) is 5.91 Å². The zero-order valence-corrected chi connectivity index (χ0v) is 20.1. The molecule has 2 aliphatic heterocycles. The van der Waals surface area contributed by atoms with Gasteiger partial charge in [-0.25, -0.2) is 4.98 Å². The third-order valence-electron chi connectivity index (χ3n) is 6.77. The molecule has 9 heteroatoms. The lowest BCUT2D eigenvalue weighted by Gasteiger charge is -2.32. The lowest BCUT2D eigenvalue weighted by Crippen LogP contribution is -2.47. The van der Waals surface area contributed by atoms with Crippen molar-refractivity contribution in [1.29, 1.82) is 0 Å². The van der Waals surface area contributed by atoms with Crippen LogP contribution in [0.15, 0.2) is 49.1 Å². The molecule has 0 atom stereocenters. The summed E-state index contributed by atoms with van der Waals surface area (Å²) in [5.74, 6) is -0.0475. The van der Waals surface area contributed by atoms with E-state index in [9.17, 15) is 14.4 Å². The average Bonchev–Trinajstić information content (AvgIpc) is 2.88. The number of rotatable bonds is 6. The van der Waals surface area contributed by atoms with Crippen LogP contribution in [0.4, 0.5) is 11.5 Å². The van der Waals surface area contributed by atoms with Crippen molar-refractivity contribution in [3.8, 4) is 0 Å². The smallest absolute Gasteiger partial charge is 0.253 e. The standard InChI is InChI=1S/C26H32N6O3/c1-3-23(33)31-12-10-18(11-13-31)22-9-8-21(24(27)34)25(29-22)28-20-6-4-19(5-7-20)26(35)32-16-14-30(2)15-17-32/h3-9,18H,1,10-17H2,2H3,(H2,27,34)(H,28,29). The van der Waals surface area contributed by atoms with Gasteiger partial charge in [-0.05, 0) is 62.4 Å². The lowest BCUT2D eigenvalue weighted by atomic mass is 9.92. The van der Waals surface area contributed by atoms with Crippen LogP contribution in [0, 0.1) is 0 Å². The summed E-state index contributed by atoms with van der Waals surface area (Å²) in [5.41, 5.74) is 8.07. The highest BCUT2D eigenvalue weighted by atomic mass is 16.2. The van der Waals surface area contributed by atoms with Gasteiger partial charge in [-0.15, -0.1) is 0 Å². The molecular weight excluding hydrogens is 444 g/mol. The Bertz CT molecular complexity index is 1100. The van der Waals surface area contributed by atoms with Crippen molar-refractivity contribution < 1.29 is 14.4 Å². The molecule has 1 aromatic heterocycles. The van der Waals surface area contributed by atoms with Crippen LogP contribution in [0.1, 0.15) is 45.2 Å². The molecule has 2 aromatic rings. The first-order valence-corrected chi connectivity index (χ1v) is 11.9. The molecule has 1 aromatic carbocycles.